The lowest BCUT2D eigenvalue weighted by molar-refractivity contribution is 0.462. The van der Waals surface area contributed by atoms with Crippen molar-refractivity contribution in [3.63, 3.8) is 0 Å². The first-order chi connectivity index (χ1) is 8.92. The van der Waals surface area contributed by atoms with Gasteiger partial charge in [0.1, 0.15) is 0 Å². The molecule has 0 atom stereocenters. The van der Waals surface area contributed by atoms with Gasteiger partial charge in [0.25, 0.3) is 0 Å². The van der Waals surface area contributed by atoms with E-state index in [4.69, 9.17) is 0 Å². The summed E-state index contributed by atoms with van der Waals surface area (Å²) in [5.41, 5.74) is 0. The van der Waals surface area contributed by atoms with Crippen LogP contribution >= 0.6 is 0 Å². The predicted octanol–water partition coefficient (Wildman–Crippen LogP) is 1.94. The van der Waals surface area contributed by atoms with Gasteiger partial charge in [-0.2, -0.15) is 16.8 Å². The summed E-state index contributed by atoms with van der Waals surface area (Å²) < 4.78 is 51.6. The van der Waals surface area contributed by atoms with E-state index in [1.54, 1.807) is 12.1 Å². The molecule has 0 unspecified atom stereocenters. The molecule has 0 fully saturated rings. The summed E-state index contributed by atoms with van der Waals surface area (Å²) in [5.74, 6) is 0. The Kier molecular flexibility index (Phi) is 5.01. The van der Waals surface area contributed by atoms with Gasteiger partial charge in [0.15, 0.2) is 0 Å². The second kappa shape index (κ2) is 6.14. The standard InChI is InChI=1S/C12H10O5S2.H3N/c13-18(14,11-7-3-1-4-8-11)17-19(15,16)12-9-5-2-6-10-12;/h1-10H;1H3. The maximum absolute atomic E-state index is 11.8. The van der Waals surface area contributed by atoms with Crippen LogP contribution in [-0.2, 0) is 23.9 Å². The Hall–Kier alpha value is -1.74. The summed E-state index contributed by atoms with van der Waals surface area (Å²) in [6, 6.07) is 14.2. The van der Waals surface area contributed by atoms with Crippen LogP contribution in [0.3, 0.4) is 0 Å². The molecule has 8 heteroatoms. The summed E-state index contributed by atoms with van der Waals surface area (Å²) in [7, 11) is -8.71. The molecule has 0 amide bonds. The molecular weight excluding hydrogens is 302 g/mol. The zero-order chi connectivity index (χ0) is 13.9. The molecule has 0 aliphatic carbocycles. The van der Waals surface area contributed by atoms with Crippen molar-refractivity contribution < 1.29 is 20.5 Å². The minimum Gasteiger partial charge on any atom is -0.344 e. The number of hydrogen-bond donors (Lipinski definition) is 1. The third-order valence-corrected chi connectivity index (χ3v) is 5.38. The second-order valence-corrected chi connectivity index (χ2v) is 6.91. The van der Waals surface area contributed by atoms with Gasteiger partial charge in [0.2, 0.25) is 0 Å². The fraction of sp³-hybridized carbons (Fsp3) is 0. The zero-order valence-electron chi connectivity index (χ0n) is 10.3. The number of hydrogen-bond acceptors (Lipinski definition) is 6. The molecule has 3 N–H and O–H groups in total. The smallest absolute Gasteiger partial charge is 0.311 e. The molecule has 2 aromatic carbocycles. The largest absolute Gasteiger partial charge is 0.344 e. The Labute approximate surface area is 117 Å². The first-order valence-corrected chi connectivity index (χ1v) is 8.05. The van der Waals surface area contributed by atoms with Crippen molar-refractivity contribution >= 4 is 20.2 Å². The minimum atomic E-state index is -4.35. The van der Waals surface area contributed by atoms with Crippen LogP contribution in [0.1, 0.15) is 0 Å². The number of benzene rings is 2. The van der Waals surface area contributed by atoms with E-state index in [0.29, 0.717) is 0 Å². The highest BCUT2D eigenvalue weighted by molar-refractivity contribution is 7.99. The van der Waals surface area contributed by atoms with Gasteiger partial charge in [-0.1, -0.05) is 36.4 Å². The summed E-state index contributed by atoms with van der Waals surface area (Å²) in [5, 5.41) is 0. The van der Waals surface area contributed by atoms with Gasteiger partial charge in [-0.15, -0.1) is 3.63 Å². The van der Waals surface area contributed by atoms with E-state index in [2.05, 4.69) is 3.63 Å². The van der Waals surface area contributed by atoms with Crippen LogP contribution in [0.15, 0.2) is 70.5 Å². The average Bonchev–Trinajstić information content (AvgIpc) is 2.40. The lowest BCUT2D eigenvalue weighted by atomic mass is 10.4. The van der Waals surface area contributed by atoms with E-state index in [1.807, 2.05) is 0 Å². The quantitative estimate of drug-likeness (QED) is 0.922. The lowest BCUT2D eigenvalue weighted by Gasteiger charge is -2.05. The van der Waals surface area contributed by atoms with Crippen molar-refractivity contribution in [3.05, 3.63) is 60.7 Å². The van der Waals surface area contributed by atoms with E-state index in [0.717, 1.165) is 0 Å². The third kappa shape index (κ3) is 3.64. The normalized spacial score (nSPS) is 11.6. The molecule has 20 heavy (non-hydrogen) atoms. The molecular formula is C12H13NO5S2. The Balaban J connectivity index is 0.00000200. The molecule has 0 saturated heterocycles. The van der Waals surface area contributed by atoms with Crippen LogP contribution in [0.5, 0.6) is 0 Å². The molecule has 0 aromatic heterocycles. The van der Waals surface area contributed by atoms with Crippen molar-refractivity contribution in [2.24, 2.45) is 0 Å². The van der Waals surface area contributed by atoms with Crippen molar-refractivity contribution in [1.29, 1.82) is 0 Å². The fourth-order valence-electron chi connectivity index (χ4n) is 1.37. The SMILES string of the molecule is N.O=S(=O)(OS(=O)(=O)c1ccccc1)c1ccccc1. The van der Waals surface area contributed by atoms with Crippen LogP contribution < -0.4 is 6.15 Å². The Morgan fingerprint density at radius 3 is 1.20 bits per heavy atom. The maximum Gasteiger partial charge on any atom is 0.311 e. The highest BCUT2D eigenvalue weighted by Crippen LogP contribution is 2.19. The first kappa shape index (κ1) is 16.3. The molecule has 0 radical (unpaired) electrons. The predicted molar refractivity (Wildman–Crippen MR) is 73.4 cm³/mol. The van der Waals surface area contributed by atoms with Crippen molar-refractivity contribution in [1.82, 2.24) is 6.15 Å². The van der Waals surface area contributed by atoms with Gasteiger partial charge in [0.05, 0.1) is 9.79 Å². The summed E-state index contributed by atoms with van der Waals surface area (Å²) in [6.07, 6.45) is 0. The maximum atomic E-state index is 11.8. The summed E-state index contributed by atoms with van der Waals surface area (Å²) in [6.45, 7) is 0. The molecule has 0 aliphatic rings. The zero-order valence-corrected chi connectivity index (χ0v) is 12.0. The Morgan fingerprint density at radius 1 is 0.600 bits per heavy atom. The van der Waals surface area contributed by atoms with Crippen LogP contribution in [0, 0.1) is 0 Å². The van der Waals surface area contributed by atoms with Gasteiger partial charge in [0, 0.05) is 0 Å². The lowest BCUT2D eigenvalue weighted by Crippen LogP contribution is -2.14. The first-order valence-electron chi connectivity index (χ1n) is 5.23. The highest BCUT2D eigenvalue weighted by Gasteiger charge is 2.26. The van der Waals surface area contributed by atoms with Gasteiger partial charge in [-0.3, -0.25) is 0 Å². The van der Waals surface area contributed by atoms with Crippen molar-refractivity contribution in [2.75, 3.05) is 0 Å². The van der Waals surface area contributed by atoms with Crippen LogP contribution in [0.4, 0.5) is 0 Å². The monoisotopic (exact) mass is 315 g/mol. The third-order valence-electron chi connectivity index (χ3n) is 2.24. The average molecular weight is 315 g/mol. The minimum absolute atomic E-state index is 0. The van der Waals surface area contributed by atoms with Crippen molar-refractivity contribution in [3.8, 4) is 0 Å². The Bertz CT molecular complexity index is 689. The Morgan fingerprint density at radius 2 is 0.900 bits per heavy atom. The molecule has 0 spiro atoms. The van der Waals surface area contributed by atoms with E-state index in [9.17, 15) is 16.8 Å². The summed E-state index contributed by atoms with van der Waals surface area (Å²) >= 11 is 0. The topological polar surface area (TPSA) is 113 Å². The molecule has 108 valence electrons. The molecule has 0 heterocycles. The van der Waals surface area contributed by atoms with Gasteiger partial charge < -0.3 is 6.15 Å². The van der Waals surface area contributed by atoms with Gasteiger partial charge >= 0.3 is 20.2 Å². The summed E-state index contributed by atoms with van der Waals surface area (Å²) in [4.78, 5) is -0.427. The molecule has 0 bridgehead atoms. The van der Waals surface area contributed by atoms with Gasteiger partial charge in [-0.05, 0) is 24.3 Å². The molecule has 2 aromatic rings. The van der Waals surface area contributed by atoms with Crippen LogP contribution in [-0.4, -0.2) is 16.8 Å². The van der Waals surface area contributed by atoms with E-state index in [1.165, 1.54) is 48.5 Å². The number of rotatable bonds is 4. The second-order valence-electron chi connectivity index (χ2n) is 3.60. The fourth-order valence-corrected chi connectivity index (χ4v) is 3.92. The molecule has 0 saturated carbocycles. The molecule has 0 aliphatic heterocycles. The van der Waals surface area contributed by atoms with E-state index >= 15 is 0 Å². The van der Waals surface area contributed by atoms with E-state index < -0.39 is 20.2 Å². The van der Waals surface area contributed by atoms with E-state index in [-0.39, 0.29) is 15.9 Å². The molecule has 2 rings (SSSR count). The molecule has 6 nitrogen and oxygen atoms in total. The van der Waals surface area contributed by atoms with Crippen molar-refractivity contribution in [2.45, 2.75) is 9.79 Å². The van der Waals surface area contributed by atoms with Crippen LogP contribution in [0.25, 0.3) is 0 Å². The van der Waals surface area contributed by atoms with Gasteiger partial charge in [-0.25, -0.2) is 0 Å². The van der Waals surface area contributed by atoms with Crippen LogP contribution in [0.2, 0.25) is 0 Å². The highest BCUT2D eigenvalue weighted by atomic mass is 32.3.